The quantitative estimate of drug-likeness (QED) is 0.573. The number of carbonyl (C=O) groups is 1. The summed E-state index contributed by atoms with van der Waals surface area (Å²) in [6, 6.07) is 19.7. The lowest BCUT2D eigenvalue weighted by molar-refractivity contribution is 0.0958. The predicted molar refractivity (Wildman–Crippen MR) is 107 cm³/mol. The Labute approximate surface area is 161 Å². The number of methoxy groups -OCH3 is 1. The Hall–Kier alpha value is -3.80. The van der Waals surface area contributed by atoms with Crippen LogP contribution >= 0.6 is 0 Å². The summed E-state index contributed by atoms with van der Waals surface area (Å²) in [5, 5.41) is 0.855. The number of nitrogens with one attached hydrogen (secondary N) is 1. The van der Waals surface area contributed by atoms with E-state index >= 15 is 0 Å². The molecule has 1 N–H and O–H groups in total. The van der Waals surface area contributed by atoms with E-state index in [9.17, 15) is 9.59 Å². The Morgan fingerprint density at radius 3 is 2.61 bits per heavy atom. The van der Waals surface area contributed by atoms with E-state index in [1.807, 2.05) is 42.5 Å². The van der Waals surface area contributed by atoms with Crippen LogP contribution in [0.2, 0.25) is 0 Å². The number of nitrogens with zero attached hydrogens (tertiary/aromatic N) is 1. The largest absolute Gasteiger partial charge is 0.497 e. The van der Waals surface area contributed by atoms with Gasteiger partial charge in [0.05, 0.1) is 25.4 Å². The Bertz CT molecular complexity index is 1160. The van der Waals surface area contributed by atoms with Crippen LogP contribution in [-0.4, -0.2) is 18.0 Å². The SMILES string of the molecule is COc1ccc2cc(CN(C(=O)c3ccco3)c3ccccc3)c(=O)[nH]c2c1. The monoisotopic (exact) mass is 374 g/mol. The van der Waals surface area contributed by atoms with Crippen LogP contribution in [0, 0.1) is 0 Å². The molecular formula is C22H18N2O4. The molecule has 0 fully saturated rings. The van der Waals surface area contributed by atoms with Crippen molar-refractivity contribution < 1.29 is 13.9 Å². The highest BCUT2D eigenvalue weighted by Crippen LogP contribution is 2.22. The highest BCUT2D eigenvalue weighted by molar-refractivity contribution is 6.04. The minimum absolute atomic E-state index is 0.112. The molecule has 0 saturated heterocycles. The number of fused-ring (bicyclic) bond motifs is 1. The van der Waals surface area contributed by atoms with Crippen LogP contribution in [0.25, 0.3) is 10.9 Å². The molecule has 0 saturated carbocycles. The maximum Gasteiger partial charge on any atom is 0.294 e. The number of aromatic amines is 1. The number of amides is 1. The lowest BCUT2D eigenvalue weighted by Crippen LogP contribution is -2.32. The van der Waals surface area contributed by atoms with Crippen molar-refractivity contribution in [2.75, 3.05) is 12.0 Å². The summed E-state index contributed by atoms with van der Waals surface area (Å²) in [5.74, 6) is 0.561. The van der Waals surface area contributed by atoms with Crippen LogP contribution in [0.4, 0.5) is 5.69 Å². The Balaban J connectivity index is 1.75. The number of pyridine rings is 1. The fourth-order valence-electron chi connectivity index (χ4n) is 3.06. The molecule has 2 heterocycles. The van der Waals surface area contributed by atoms with E-state index in [0.717, 1.165) is 5.39 Å². The summed E-state index contributed by atoms with van der Waals surface area (Å²) < 4.78 is 10.5. The van der Waals surface area contributed by atoms with Gasteiger partial charge in [0.25, 0.3) is 11.5 Å². The topological polar surface area (TPSA) is 75.5 Å². The van der Waals surface area contributed by atoms with Gasteiger partial charge in [0, 0.05) is 17.3 Å². The molecule has 1 amide bonds. The van der Waals surface area contributed by atoms with E-state index in [4.69, 9.17) is 9.15 Å². The molecule has 0 spiro atoms. The number of rotatable bonds is 5. The third-order valence-corrected chi connectivity index (χ3v) is 4.50. The second-order valence-electron chi connectivity index (χ2n) is 6.28. The minimum Gasteiger partial charge on any atom is -0.497 e. The molecule has 6 heteroatoms. The third-order valence-electron chi connectivity index (χ3n) is 4.50. The van der Waals surface area contributed by atoms with E-state index in [1.54, 1.807) is 31.4 Å². The zero-order chi connectivity index (χ0) is 19.5. The molecule has 0 atom stereocenters. The summed E-state index contributed by atoms with van der Waals surface area (Å²) >= 11 is 0. The van der Waals surface area contributed by atoms with Crippen molar-refractivity contribution in [1.82, 2.24) is 4.98 Å². The number of H-pyrrole nitrogens is 1. The van der Waals surface area contributed by atoms with Gasteiger partial charge in [-0.15, -0.1) is 0 Å². The van der Waals surface area contributed by atoms with E-state index in [1.165, 1.54) is 11.2 Å². The first-order valence-corrected chi connectivity index (χ1v) is 8.76. The second kappa shape index (κ2) is 7.44. The van der Waals surface area contributed by atoms with Gasteiger partial charge in [0.15, 0.2) is 5.76 Å². The molecule has 0 unspecified atom stereocenters. The number of para-hydroxylation sites is 1. The predicted octanol–water partition coefficient (Wildman–Crippen LogP) is 3.98. The summed E-state index contributed by atoms with van der Waals surface area (Å²) in [7, 11) is 1.58. The van der Waals surface area contributed by atoms with E-state index in [-0.39, 0.29) is 23.8 Å². The van der Waals surface area contributed by atoms with Gasteiger partial charge in [-0.3, -0.25) is 9.59 Å². The first-order chi connectivity index (χ1) is 13.7. The smallest absolute Gasteiger partial charge is 0.294 e. The molecule has 28 heavy (non-hydrogen) atoms. The van der Waals surface area contributed by atoms with Gasteiger partial charge < -0.3 is 19.0 Å². The van der Waals surface area contributed by atoms with Crippen LogP contribution < -0.4 is 15.2 Å². The number of benzene rings is 2. The number of ether oxygens (including phenoxy) is 1. The summed E-state index contributed by atoms with van der Waals surface area (Å²) in [4.78, 5) is 30.0. The number of anilines is 1. The fraction of sp³-hybridized carbons (Fsp3) is 0.0909. The van der Waals surface area contributed by atoms with E-state index < -0.39 is 0 Å². The highest BCUT2D eigenvalue weighted by atomic mass is 16.5. The van der Waals surface area contributed by atoms with Gasteiger partial charge in [0.1, 0.15) is 5.75 Å². The van der Waals surface area contributed by atoms with Crippen molar-refractivity contribution in [2.45, 2.75) is 6.54 Å². The molecule has 2 aromatic heterocycles. The normalized spacial score (nSPS) is 10.8. The molecule has 0 radical (unpaired) electrons. The average molecular weight is 374 g/mol. The van der Waals surface area contributed by atoms with Crippen molar-refractivity contribution in [3.63, 3.8) is 0 Å². The van der Waals surface area contributed by atoms with Crippen molar-refractivity contribution in [3.8, 4) is 5.75 Å². The van der Waals surface area contributed by atoms with Crippen LogP contribution in [-0.2, 0) is 6.54 Å². The molecule has 0 bridgehead atoms. The maximum absolute atomic E-state index is 13.0. The molecule has 4 rings (SSSR count). The third kappa shape index (κ3) is 3.40. The van der Waals surface area contributed by atoms with Crippen LogP contribution in [0.5, 0.6) is 5.75 Å². The summed E-state index contributed by atoms with van der Waals surface area (Å²) in [5.41, 5.74) is 1.57. The number of carbonyl (C=O) groups excluding carboxylic acids is 1. The average Bonchev–Trinajstić information content (AvgIpc) is 3.27. The minimum atomic E-state index is -0.314. The zero-order valence-corrected chi connectivity index (χ0v) is 15.2. The van der Waals surface area contributed by atoms with Gasteiger partial charge in [-0.05, 0) is 47.9 Å². The Morgan fingerprint density at radius 2 is 1.89 bits per heavy atom. The van der Waals surface area contributed by atoms with Crippen molar-refractivity contribution >= 4 is 22.5 Å². The molecule has 0 aliphatic heterocycles. The molecule has 0 aliphatic carbocycles. The molecule has 0 aliphatic rings. The number of furan rings is 1. The molecule has 140 valence electrons. The first-order valence-electron chi connectivity index (χ1n) is 8.76. The Morgan fingerprint density at radius 1 is 1.07 bits per heavy atom. The fourth-order valence-corrected chi connectivity index (χ4v) is 3.06. The van der Waals surface area contributed by atoms with Crippen molar-refractivity contribution in [2.24, 2.45) is 0 Å². The van der Waals surface area contributed by atoms with Crippen LogP contribution in [0.15, 0.2) is 82.2 Å². The number of aromatic nitrogens is 1. The maximum atomic E-state index is 13.0. The highest BCUT2D eigenvalue weighted by Gasteiger charge is 2.21. The van der Waals surface area contributed by atoms with Crippen molar-refractivity contribution in [3.05, 3.63) is 94.7 Å². The van der Waals surface area contributed by atoms with Gasteiger partial charge in [-0.25, -0.2) is 0 Å². The standard InChI is InChI=1S/C22H18N2O4/c1-27-18-10-9-15-12-16(21(25)23-19(15)13-18)14-24(17-6-3-2-4-7-17)22(26)20-8-5-11-28-20/h2-13H,14H2,1H3,(H,23,25). The van der Waals surface area contributed by atoms with Crippen LogP contribution in [0.1, 0.15) is 16.1 Å². The second-order valence-corrected chi connectivity index (χ2v) is 6.28. The van der Waals surface area contributed by atoms with E-state index in [2.05, 4.69) is 4.98 Å². The summed E-state index contributed by atoms with van der Waals surface area (Å²) in [6.45, 7) is 0.112. The molecule has 6 nitrogen and oxygen atoms in total. The van der Waals surface area contributed by atoms with Gasteiger partial charge in [0.2, 0.25) is 0 Å². The first kappa shape index (κ1) is 17.6. The molecule has 4 aromatic rings. The van der Waals surface area contributed by atoms with Gasteiger partial charge in [-0.1, -0.05) is 18.2 Å². The number of hydrogen-bond acceptors (Lipinski definition) is 4. The van der Waals surface area contributed by atoms with Crippen LogP contribution in [0.3, 0.4) is 0 Å². The Kier molecular flexibility index (Phi) is 4.68. The molecule has 2 aromatic carbocycles. The lowest BCUT2D eigenvalue weighted by Gasteiger charge is -2.21. The van der Waals surface area contributed by atoms with Gasteiger partial charge >= 0.3 is 0 Å². The summed E-state index contributed by atoms with van der Waals surface area (Å²) in [6.07, 6.45) is 1.45. The molecular weight excluding hydrogens is 356 g/mol. The van der Waals surface area contributed by atoms with E-state index in [0.29, 0.717) is 22.5 Å². The van der Waals surface area contributed by atoms with Gasteiger partial charge in [-0.2, -0.15) is 0 Å². The van der Waals surface area contributed by atoms with Crippen molar-refractivity contribution in [1.29, 1.82) is 0 Å². The lowest BCUT2D eigenvalue weighted by atomic mass is 10.1. The number of hydrogen-bond donors (Lipinski definition) is 1. The zero-order valence-electron chi connectivity index (χ0n) is 15.2.